The molecule has 0 unspecified atom stereocenters. The molecule has 1 aliphatic heterocycles. The Morgan fingerprint density at radius 3 is 2.77 bits per heavy atom. The second kappa shape index (κ2) is 9.11. The molecule has 0 aliphatic carbocycles. The zero-order chi connectivity index (χ0) is 20.4. The predicted molar refractivity (Wildman–Crippen MR) is 98.9 cm³/mol. The van der Waals surface area contributed by atoms with Crippen molar-refractivity contribution in [3.63, 3.8) is 0 Å². The average molecular weight is 436 g/mol. The highest BCUT2D eigenvalue weighted by Gasteiger charge is 2.32. The van der Waals surface area contributed by atoms with Crippen molar-refractivity contribution in [1.29, 1.82) is 0 Å². The second-order valence-electron chi connectivity index (χ2n) is 6.47. The fourth-order valence-electron chi connectivity index (χ4n) is 3.11. The highest BCUT2D eigenvalue weighted by Crippen LogP contribution is 2.29. The van der Waals surface area contributed by atoms with E-state index < -0.39 is 18.0 Å². The highest BCUT2D eigenvalue weighted by molar-refractivity contribution is 5.90. The van der Waals surface area contributed by atoms with Crippen molar-refractivity contribution in [2.75, 3.05) is 24.6 Å². The van der Waals surface area contributed by atoms with Crippen LogP contribution in [0.15, 0.2) is 36.5 Å². The van der Waals surface area contributed by atoms with Gasteiger partial charge >= 0.3 is 6.09 Å². The number of ether oxygens (including phenoxy) is 1. The Bertz CT molecular complexity index is 1030. The summed E-state index contributed by atoms with van der Waals surface area (Å²) in [6, 6.07) is 7.92. The minimum atomic E-state index is -0.609. The lowest BCUT2D eigenvalue weighted by molar-refractivity contribution is -0.370. The molecule has 0 spiro atoms. The molecule has 3 heterocycles. The monoisotopic (exact) mass is 435 g/mol. The molecule has 1 aliphatic rings. The number of amides is 1. The summed E-state index contributed by atoms with van der Waals surface area (Å²) >= 11 is 0. The van der Waals surface area contributed by atoms with Gasteiger partial charge in [0.1, 0.15) is 17.6 Å². The van der Waals surface area contributed by atoms with E-state index in [0.29, 0.717) is 41.4 Å². The Morgan fingerprint density at radius 1 is 1.30 bits per heavy atom. The first kappa shape index (κ1) is 21.6. The van der Waals surface area contributed by atoms with E-state index in [1.807, 2.05) is 0 Å². The topological polar surface area (TPSA) is 134 Å². The summed E-state index contributed by atoms with van der Waals surface area (Å²) in [5, 5.41) is 20.7. The summed E-state index contributed by atoms with van der Waals surface area (Å²) < 4.78 is 21.3. The second-order valence-corrected chi connectivity index (χ2v) is 6.47. The molecule has 4 rings (SSSR count). The molecule has 0 bridgehead atoms. The van der Waals surface area contributed by atoms with Gasteiger partial charge in [-0.3, -0.25) is 9.88 Å². The Hall–Kier alpha value is -3.15. The van der Waals surface area contributed by atoms with E-state index in [-0.39, 0.29) is 25.6 Å². The Kier molecular flexibility index (Phi) is 6.55. The maximum atomic E-state index is 14.7. The number of aliphatic hydroxyl groups is 1. The molecular formula is C18H19ClFN7O3. The Labute approximate surface area is 176 Å². The first-order valence-corrected chi connectivity index (χ1v) is 9.01. The third-order valence-corrected chi connectivity index (χ3v) is 4.55. The number of hydrogen-bond acceptors (Lipinski definition) is 7. The third kappa shape index (κ3) is 4.08. The largest absolute Gasteiger partial charge is 1.00 e. The number of hydrogen-bond donors (Lipinski definition) is 2. The summed E-state index contributed by atoms with van der Waals surface area (Å²) in [4.78, 5) is 17.5. The Balaban J connectivity index is 0.00000256. The summed E-state index contributed by atoms with van der Waals surface area (Å²) in [5.74, 6) is 0.0150. The van der Waals surface area contributed by atoms with E-state index in [9.17, 15) is 9.18 Å². The van der Waals surface area contributed by atoms with Gasteiger partial charge in [-0.1, -0.05) is 6.07 Å². The molecular weight excluding hydrogens is 417 g/mol. The number of nitrogens with zero attached hydrogens (tertiary/aromatic N) is 6. The minimum Gasteiger partial charge on any atom is -1.00 e. The molecule has 1 saturated heterocycles. The Morgan fingerprint density at radius 2 is 2.13 bits per heavy atom. The molecule has 1 amide bonds. The maximum Gasteiger partial charge on any atom is 0.414 e. The van der Waals surface area contributed by atoms with Crippen molar-refractivity contribution in [2.45, 2.75) is 12.6 Å². The summed E-state index contributed by atoms with van der Waals surface area (Å²) in [6.45, 7) is 1.10. The number of quaternary nitrogens is 1. The fraction of sp³-hybridized carbons (Fsp3) is 0.278. The van der Waals surface area contributed by atoms with Gasteiger partial charge in [0.25, 0.3) is 0 Å². The van der Waals surface area contributed by atoms with Crippen molar-refractivity contribution >= 4 is 11.8 Å². The fourth-order valence-corrected chi connectivity index (χ4v) is 3.11. The van der Waals surface area contributed by atoms with Crippen LogP contribution in [0, 0.1) is 5.82 Å². The van der Waals surface area contributed by atoms with Gasteiger partial charge in [-0.05, 0) is 34.7 Å². The predicted octanol–water partition coefficient (Wildman–Crippen LogP) is -2.90. The normalized spacial score (nSPS) is 15.8. The summed E-state index contributed by atoms with van der Waals surface area (Å²) in [7, 11) is 0. The molecule has 3 aromatic rings. The molecule has 1 aromatic carbocycles. The lowest BCUT2D eigenvalue weighted by atomic mass is 10.1. The first-order chi connectivity index (χ1) is 14.1. The van der Waals surface area contributed by atoms with Crippen LogP contribution in [-0.4, -0.2) is 62.2 Å². The zero-order valence-electron chi connectivity index (χ0n) is 15.8. The number of pyridine rings is 1. The molecule has 12 heteroatoms. The number of carbonyl (C=O) groups is 1. The van der Waals surface area contributed by atoms with E-state index in [1.165, 1.54) is 11.0 Å². The maximum absolute atomic E-state index is 14.7. The molecule has 10 nitrogen and oxygen atoms in total. The minimum absolute atomic E-state index is 0. The number of halogens is 2. The van der Waals surface area contributed by atoms with Gasteiger partial charge in [-0.25, -0.2) is 13.9 Å². The van der Waals surface area contributed by atoms with Crippen LogP contribution >= 0.6 is 0 Å². The van der Waals surface area contributed by atoms with Gasteiger partial charge in [0.2, 0.25) is 5.82 Å². The van der Waals surface area contributed by atoms with Crippen LogP contribution in [0.1, 0.15) is 0 Å². The highest BCUT2D eigenvalue weighted by atomic mass is 35.5. The van der Waals surface area contributed by atoms with Crippen LogP contribution in [-0.2, 0) is 11.3 Å². The molecule has 1 atom stereocenters. The van der Waals surface area contributed by atoms with Gasteiger partial charge < -0.3 is 28.0 Å². The molecule has 1 fully saturated rings. The van der Waals surface area contributed by atoms with Gasteiger partial charge in [0.05, 0.1) is 31.9 Å². The molecule has 2 aromatic heterocycles. The number of cyclic esters (lactones) is 1. The molecule has 30 heavy (non-hydrogen) atoms. The zero-order valence-corrected chi connectivity index (χ0v) is 16.5. The van der Waals surface area contributed by atoms with Crippen LogP contribution in [0.3, 0.4) is 0 Å². The lowest BCUT2D eigenvalue weighted by Gasteiger charge is -2.14. The summed E-state index contributed by atoms with van der Waals surface area (Å²) in [5.41, 5.74) is 5.64. The molecule has 0 saturated carbocycles. The van der Waals surface area contributed by atoms with Crippen LogP contribution in [0.25, 0.3) is 22.6 Å². The number of aromatic nitrogens is 5. The van der Waals surface area contributed by atoms with Gasteiger partial charge in [0, 0.05) is 17.3 Å². The van der Waals surface area contributed by atoms with Crippen LogP contribution < -0.4 is 23.0 Å². The van der Waals surface area contributed by atoms with Crippen molar-refractivity contribution in [3.05, 3.63) is 42.3 Å². The van der Waals surface area contributed by atoms with E-state index in [1.54, 1.807) is 35.1 Å². The van der Waals surface area contributed by atoms with Gasteiger partial charge in [-0.15, -0.1) is 5.10 Å². The number of rotatable bonds is 6. The number of tetrazole rings is 1. The van der Waals surface area contributed by atoms with Crippen molar-refractivity contribution in [1.82, 2.24) is 25.2 Å². The number of anilines is 1. The standard InChI is InChI=1S/C18H18FN7O3.ClH/c19-15-7-12(25-9-13(10-27)29-18(25)28)2-3-14(15)11-1-4-16(21-8-11)17-22-23-24-26(17)6-5-20;/h1-4,7-8,13,27H,5-6,9-10,20H2;1H/t13-;/m1./s1. The van der Waals surface area contributed by atoms with E-state index >= 15 is 0 Å². The smallest absolute Gasteiger partial charge is 0.414 e. The van der Waals surface area contributed by atoms with Crippen molar-refractivity contribution in [2.24, 2.45) is 0 Å². The SMILES string of the molecule is [Cl-].[NH3+]CCn1nnnc1-c1ccc(-c2ccc(N3C[C@H](CO)OC3=O)cc2F)cn1. The van der Waals surface area contributed by atoms with Gasteiger partial charge in [0.15, 0.2) is 0 Å². The van der Waals surface area contributed by atoms with E-state index in [4.69, 9.17) is 9.84 Å². The quantitative estimate of drug-likeness (QED) is 0.424. The third-order valence-electron chi connectivity index (χ3n) is 4.55. The summed E-state index contributed by atoms with van der Waals surface area (Å²) in [6.07, 6.45) is 0.326. The van der Waals surface area contributed by atoms with Crippen molar-refractivity contribution < 1.29 is 37.2 Å². The number of aliphatic hydroxyl groups excluding tert-OH is 1. The van der Waals surface area contributed by atoms with E-state index in [0.717, 1.165) is 0 Å². The molecule has 158 valence electrons. The van der Waals surface area contributed by atoms with Gasteiger partial charge in [-0.2, -0.15) is 0 Å². The van der Waals surface area contributed by atoms with Crippen LogP contribution in [0.2, 0.25) is 0 Å². The number of carbonyl (C=O) groups excluding carboxylic acids is 1. The van der Waals surface area contributed by atoms with Crippen LogP contribution in [0.5, 0.6) is 0 Å². The van der Waals surface area contributed by atoms with E-state index in [2.05, 4.69) is 26.2 Å². The van der Waals surface area contributed by atoms with Crippen LogP contribution in [0.4, 0.5) is 14.9 Å². The lowest BCUT2D eigenvalue weighted by Crippen LogP contribution is -3.00. The molecule has 4 N–H and O–H groups in total. The number of benzene rings is 1. The molecule has 0 radical (unpaired) electrons. The first-order valence-electron chi connectivity index (χ1n) is 9.01. The van der Waals surface area contributed by atoms with Crippen molar-refractivity contribution in [3.8, 4) is 22.6 Å². The average Bonchev–Trinajstić information content (AvgIpc) is 3.35.